The summed E-state index contributed by atoms with van der Waals surface area (Å²) in [5.74, 6) is -0.468. The summed E-state index contributed by atoms with van der Waals surface area (Å²) < 4.78 is 44.4. The van der Waals surface area contributed by atoms with Crippen molar-refractivity contribution in [2.45, 2.75) is 25.6 Å². The van der Waals surface area contributed by atoms with Crippen molar-refractivity contribution in [2.24, 2.45) is 5.92 Å². The molecule has 2 atom stereocenters. The molecule has 1 aliphatic heterocycles. The zero-order chi connectivity index (χ0) is 18.2. The van der Waals surface area contributed by atoms with Gasteiger partial charge in [-0.1, -0.05) is 17.3 Å². The third kappa shape index (κ3) is 3.68. The van der Waals surface area contributed by atoms with Gasteiger partial charge >= 0.3 is 6.18 Å². The highest BCUT2D eigenvalue weighted by Gasteiger charge is 2.39. The molecule has 25 heavy (non-hydrogen) atoms. The van der Waals surface area contributed by atoms with E-state index in [0.29, 0.717) is 17.9 Å². The summed E-state index contributed by atoms with van der Waals surface area (Å²) in [5, 5.41) is 13.9. The van der Waals surface area contributed by atoms with Crippen LogP contribution in [0.3, 0.4) is 0 Å². The number of hydrogen-bond acceptors (Lipinski definition) is 4. The summed E-state index contributed by atoms with van der Waals surface area (Å²) in [5.41, 5.74) is -0.670. The van der Waals surface area contributed by atoms with Crippen molar-refractivity contribution in [3.63, 3.8) is 0 Å². The lowest BCUT2D eigenvalue weighted by Crippen LogP contribution is -2.31. The Morgan fingerprint density at radius 3 is 2.72 bits per heavy atom. The summed E-state index contributed by atoms with van der Waals surface area (Å²) >= 11 is 0. The number of rotatable bonds is 3. The molecule has 0 aliphatic carbocycles. The van der Waals surface area contributed by atoms with Crippen molar-refractivity contribution in [1.29, 1.82) is 0 Å². The van der Waals surface area contributed by atoms with E-state index in [-0.39, 0.29) is 19.0 Å². The lowest BCUT2D eigenvalue weighted by molar-refractivity contribution is -0.138. The summed E-state index contributed by atoms with van der Waals surface area (Å²) in [6.45, 7) is 1.91. The number of alkyl halides is 3. The molecule has 1 aromatic heterocycles. The van der Waals surface area contributed by atoms with Gasteiger partial charge in [0.2, 0.25) is 0 Å². The van der Waals surface area contributed by atoms with E-state index in [0.717, 1.165) is 12.1 Å². The van der Waals surface area contributed by atoms with E-state index in [1.54, 1.807) is 13.0 Å². The number of β-amino-alcohol motifs (C(OH)–C–C–N with tert-alkyl or cyclic N) is 1. The molecular weight excluding hydrogens is 337 g/mol. The Kier molecular flexibility index (Phi) is 4.55. The number of aliphatic hydroxyl groups is 1. The molecule has 0 saturated carbocycles. The number of carbonyl (C=O) groups excluding carboxylic acids is 1. The summed E-state index contributed by atoms with van der Waals surface area (Å²) in [7, 11) is 0. The largest absolute Gasteiger partial charge is 0.417 e. The van der Waals surface area contributed by atoms with Gasteiger partial charge in [0.1, 0.15) is 5.76 Å². The van der Waals surface area contributed by atoms with Gasteiger partial charge in [0, 0.05) is 31.5 Å². The van der Waals surface area contributed by atoms with Crippen molar-refractivity contribution in [3.8, 4) is 0 Å². The number of nitrogens with zero attached hydrogens (tertiary/aromatic N) is 2. The molecule has 1 aliphatic rings. The molecular formula is C17H17F3N2O3. The Hall–Kier alpha value is -2.35. The Balaban J connectivity index is 1.76. The fraction of sp³-hybridized carbons (Fsp3) is 0.412. The van der Waals surface area contributed by atoms with Gasteiger partial charge in [-0.3, -0.25) is 4.79 Å². The Morgan fingerprint density at radius 2 is 2.08 bits per heavy atom. The van der Waals surface area contributed by atoms with Gasteiger partial charge in [-0.15, -0.1) is 0 Å². The second kappa shape index (κ2) is 6.51. The van der Waals surface area contributed by atoms with Gasteiger partial charge < -0.3 is 14.5 Å². The van der Waals surface area contributed by atoms with Crippen molar-refractivity contribution in [2.75, 3.05) is 13.1 Å². The van der Waals surface area contributed by atoms with Crippen LogP contribution < -0.4 is 0 Å². The minimum absolute atomic E-state index is 0.0111. The van der Waals surface area contributed by atoms with E-state index >= 15 is 0 Å². The van der Waals surface area contributed by atoms with Gasteiger partial charge in [-0.2, -0.15) is 13.2 Å². The topological polar surface area (TPSA) is 66.6 Å². The van der Waals surface area contributed by atoms with Crippen molar-refractivity contribution in [1.82, 2.24) is 10.1 Å². The molecule has 2 aromatic rings. The molecule has 0 unspecified atom stereocenters. The van der Waals surface area contributed by atoms with Crippen LogP contribution in [0.15, 0.2) is 34.9 Å². The van der Waals surface area contributed by atoms with Gasteiger partial charge in [0.05, 0.1) is 22.9 Å². The highest BCUT2D eigenvalue weighted by Crippen LogP contribution is 2.33. The zero-order valence-corrected chi connectivity index (χ0v) is 13.5. The number of hydrogen-bond donors (Lipinski definition) is 1. The van der Waals surface area contributed by atoms with Crippen molar-refractivity contribution >= 4 is 5.91 Å². The number of aryl methyl sites for hydroxylation is 1. The molecule has 3 rings (SSSR count). The first-order valence-corrected chi connectivity index (χ1v) is 7.81. The molecule has 1 aromatic carbocycles. The molecule has 5 nitrogen and oxygen atoms in total. The monoisotopic (exact) mass is 354 g/mol. The zero-order valence-electron chi connectivity index (χ0n) is 13.5. The Morgan fingerprint density at radius 1 is 1.36 bits per heavy atom. The van der Waals surface area contributed by atoms with Crippen molar-refractivity contribution < 1.29 is 27.6 Å². The maximum absolute atomic E-state index is 13.1. The van der Waals surface area contributed by atoms with E-state index in [4.69, 9.17) is 4.52 Å². The maximum atomic E-state index is 13.1. The third-order valence-corrected chi connectivity index (χ3v) is 4.30. The second-order valence-corrected chi connectivity index (χ2v) is 6.22. The van der Waals surface area contributed by atoms with Gasteiger partial charge in [0.25, 0.3) is 5.91 Å². The van der Waals surface area contributed by atoms with Crippen LogP contribution in [0.4, 0.5) is 13.2 Å². The fourth-order valence-corrected chi connectivity index (χ4v) is 3.08. The normalized spacial score (nSPS) is 20.9. The molecule has 1 fully saturated rings. The van der Waals surface area contributed by atoms with E-state index in [1.807, 2.05) is 0 Å². The average Bonchev–Trinajstić information content (AvgIpc) is 3.12. The van der Waals surface area contributed by atoms with Crippen molar-refractivity contribution in [3.05, 3.63) is 52.9 Å². The van der Waals surface area contributed by atoms with Crippen LogP contribution in [0.5, 0.6) is 0 Å². The minimum Gasteiger partial charge on any atom is -0.391 e. The summed E-state index contributed by atoms with van der Waals surface area (Å²) in [4.78, 5) is 13.8. The van der Waals surface area contributed by atoms with E-state index in [1.165, 1.54) is 17.0 Å². The quantitative estimate of drug-likeness (QED) is 0.920. The van der Waals surface area contributed by atoms with Crippen LogP contribution >= 0.6 is 0 Å². The molecule has 1 saturated heterocycles. The van der Waals surface area contributed by atoms with Crippen LogP contribution in [0.25, 0.3) is 0 Å². The van der Waals surface area contributed by atoms with Crippen LogP contribution in [-0.2, 0) is 12.6 Å². The first kappa shape index (κ1) is 17.5. The van der Waals surface area contributed by atoms with E-state index in [9.17, 15) is 23.1 Å². The summed E-state index contributed by atoms with van der Waals surface area (Å²) in [6, 6.07) is 6.41. The highest BCUT2D eigenvalue weighted by molar-refractivity contribution is 5.96. The minimum atomic E-state index is -4.61. The average molecular weight is 354 g/mol. The predicted molar refractivity (Wildman–Crippen MR) is 81.8 cm³/mol. The maximum Gasteiger partial charge on any atom is 0.417 e. The number of carbonyl (C=O) groups is 1. The van der Waals surface area contributed by atoms with Crippen LogP contribution in [0.2, 0.25) is 0 Å². The number of aromatic nitrogens is 1. The number of amides is 1. The van der Waals surface area contributed by atoms with Crippen LogP contribution in [-0.4, -0.2) is 40.3 Å². The predicted octanol–water partition coefficient (Wildman–Crippen LogP) is 2.68. The number of benzene rings is 1. The van der Waals surface area contributed by atoms with Gasteiger partial charge in [0.15, 0.2) is 0 Å². The molecule has 2 heterocycles. The molecule has 0 bridgehead atoms. The molecule has 1 amide bonds. The Labute approximate surface area is 142 Å². The molecule has 0 spiro atoms. The highest BCUT2D eigenvalue weighted by atomic mass is 19.4. The summed E-state index contributed by atoms with van der Waals surface area (Å²) in [6.07, 6.45) is -5.07. The number of halogens is 3. The number of likely N-dealkylation sites (tertiary alicyclic amines) is 1. The first-order chi connectivity index (χ1) is 11.8. The molecule has 8 heteroatoms. The molecule has 0 radical (unpaired) electrons. The van der Waals surface area contributed by atoms with Gasteiger partial charge in [-0.25, -0.2) is 0 Å². The second-order valence-electron chi connectivity index (χ2n) is 6.22. The number of aliphatic hydroxyl groups excluding tert-OH is 1. The standard InChI is InChI=1S/C17H17F3N2O3/c1-10-6-12(25-21-10)7-11-8-22(9-15(11)23)16(24)13-4-2-3-5-14(13)17(18,19)20/h2-6,11,15,23H,7-9H2,1H3/t11-,15-/m1/s1. The SMILES string of the molecule is Cc1cc(C[C@@H]2CN(C(=O)c3ccccc3C(F)(F)F)C[C@H]2O)on1. The lowest BCUT2D eigenvalue weighted by atomic mass is 10.0. The first-order valence-electron chi connectivity index (χ1n) is 7.81. The third-order valence-electron chi connectivity index (χ3n) is 4.30. The Bertz CT molecular complexity index is 772. The lowest BCUT2D eigenvalue weighted by Gasteiger charge is -2.19. The van der Waals surface area contributed by atoms with E-state index < -0.39 is 29.3 Å². The van der Waals surface area contributed by atoms with Crippen LogP contribution in [0.1, 0.15) is 27.4 Å². The smallest absolute Gasteiger partial charge is 0.391 e. The molecule has 134 valence electrons. The van der Waals surface area contributed by atoms with E-state index in [2.05, 4.69) is 5.16 Å². The van der Waals surface area contributed by atoms with Gasteiger partial charge in [-0.05, 0) is 19.1 Å². The fourth-order valence-electron chi connectivity index (χ4n) is 3.08. The molecule has 1 N–H and O–H groups in total. The van der Waals surface area contributed by atoms with Crippen LogP contribution in [0, 0.1) is 12.8 Å².